The van der Waals surface area contributed by atoms with Crippen molar-refractivity contribution in [2.75, 3.05) is 0 Å². The summed E-state index contributed by atoms with van der Waals surface area (Å²) in [6.45, 7) is 0. The quantitative estimate of drug-likeness (QED) is 0.813. The molecule has 3 rings (SSSR count). The maximum absolute atomic E-state index is 12.4. The van der Waals surface area contributed by atoms with E-state index in [-0.39, 0.29) is 11.7 Å². The van der Waals surface area contributed by atoms with E-state index in [0.717, 1.165) is 30.5 Å². The summed E-state index contributed by atoms with van der Waals surface area (Å²) in [5.74, 6) is 0.332. The molecule has 1 aromatic carbocycles. The van der Waals surface area contributed by atoms with E-state index in [1.54, 1.807) is 0 Å². The lowest BCUT2D eigenvalue weighted by atomic mass is 9.81. The first-order chi connectivity index (χ1) is 8.74. The maximum atomic E-state index is 12.4. The molecule has 0 unspecified atom stereocenters. The molecular weight excluding hydrogens is 244 g/mol. The number of aryl methyl sites for hydroxylation is 1. The van der Waals surface area contributed by atoms with Crippen LogP contribution >= 0.6 is 12.2 Å². The Bertz CT molecular complexity index is 641. The molecule has 4 heteroatoms. The van der Waals surface area contributed by atoms with Gasteiger partial charge in [0.2, 0.25) is 0 Å². The molecule has 1 atom stereocenters. The van der Waals surface area contributed by atoms with E-state index in [4.69, 9.17) is 12.2 Å². The van der Waals surface area contributed by atoms with Crippen molar-refractivity contribution in [2.24, 2.45) is 5.92 Å². The number of aromatic nitrogens is 2. The van der Waals surface area contributed by atoms with E-state index >= 15 is 0 Å². The summed E-state index contributed by atoms with van der Waals surface area (Å²) in [7, 11) is 0. The van der Waals surface area contributed by atoms with Gasteiger partial charge < -0.3 is 9.97 Å². The van der Waals surface area contributed by atoms with Crippen molar-refractivity contribution in [1.29, 1.82) is 0 Å². The van der Waals surface area contributed by atoms with Crippen LogP contribution in [-0.2, 0) is 12.8 Å². The Morgan fingerprint density at radius 3 is 2.94 bits per heavy atom. The van der Waals surface area contributed by atoms with Gasteiger partial charge in [0, 0.05) is 23.4 Å². The van der Waals surface area contributed by atoms with E-state index < -0.39 is 0 Å². The molecule has 2 N–H and O–H groups in total. The highest BCUT2D eigenvalue weighted by Gasteiger charge is 2.27. The molecule has 0 aliphatic heterocycles. The summed E-state index contributed by atoms with van der Waals surface area (Å²) < 4.78 is 0.619. The largest absolute Gasteiger partial charge is 0.337 e. The van der Waals surface area contributed by atoms with E-state index in [2.05, 4.69) is 9.97 Å². The van der Waals surface area contributed by atoms with Crippen LogP contribution in [0.25, 0.3) is 0 Å². The molecule has 1 aliphatic carbocycles. The third-order valence-corrected chi connectivity index (χ3v) is 3.75. The molecule has 3 nitrogen and oxygen atoms in total. The molecule has 1 aliphatic rings. The van der Waals surface area contributed by atoms with Crippen molar-refractivity contribution in [2.45, 2.75) is 19.3 Å². The number of imidazole rings is 1. The minimum Gasteiger partial charge on any atom is -0.337 e. The van der Waals surface area contributed by atoms with E-state index in [9.17, 15) is 4.79 Å². The number of ketones is 1. The second kappa shape index (κ2) is 4.53. The lowest BCUT2D eigenvalue weighted by Gasteiger charge is -2.22. The van der Waals surface area contributed by atoms with E-state index in [0.29, 0.717) is 4.77 Å². The molecule has 1 aromatic heterocycles. The number of carbonyl (C=O) groups is 1. The van der Waals surface area contributed by atoms with Crippen molar-refractivity contribution in [3.05, 3.63) is 52.1 Å². The summed E-state index contributed by atoms with van der Waals surface area (Å²) in [5.41, 5.74) is 3.08. The van der Waals surface area contributed by atoms with Gasteiger partial charge in [-0.25, -0.2) is 0 Å². The van der Waals surface area contributed by atoms with Gasteiger partial charge in [-0.05, 0) is 37.0 Å². The number of rotatable bonds is 2. The second-order valence-corrected chi connectivity index (χ2v) is 5.14. The normalized spacial score (nSPS) is 18.7. The predicted octanol–water partition coefficient (Wildman–Crippen LogP) is 3.06. The molecule has 2 aromatic rings. The van der Waals surface area contributed by atoms with Gasteiger partial charge in [-0.15, -0.1) is 0 Å². The Balaban J connectivity index is 1.84. The van der Waals surface area contributed by atoms with Crippen molar-refractivity contribution in [3.63, 3.8) is 0 Å². The van der Waals surface area contributed by atoms with E-state index in [1.807, 2.05) is 30.5 Å². The predicted molar refractivity (Wildman–Crippen MR) is 72.3 cm³/mol. The van der Waals surface area contributed by atoms with Crippen molar-refractivity contribution in [3.8, 4) is 0 Å². The monoisotopic (exact) mass is 258 g/mol. The van der Waals surface area contributed by atoms with Crippen LogP contribution in [0.5, 0.6) is 0 Å². The van der Waals surface area contributed by atoms with Gasteiger partial charge in [0.05, 0.1) is 0 Å². The highest BCUT2D eigenvalue weighted by atomic mass is 32.1. The van der Waals surface area contributed by atoms with Gasteiger partial charge in [-0.3, -0.25) is 4.79 Å². The molecule has 0 amide bonds. The number of H-pyrrole nitrogens is 2. The van der Waals surface area contributed by atoms with Crippen LogP contribution in [0.2, 0.25) is 0 Å². The molecule has 0 saturated carbocycles. The molecule has 0 spiro atoms. The third kappa shape index (κ3) is 2.04. The number of aromatic amines is 2. The van der Waals surface area contributed by atoms with Crippen molar-refractivity contribution in [1.82, 2.24) is 9.97 Å². The lowest BCUT2D eigenvalue weighted by molar-refractivity contribution is 0.0900. The molecule has 0 bridgehead atoms. The standard InChI is InChI=1S/C14H14N2OS/c17-13-10(7-11-8-15-14(18)16-11)6-5-9-3-1-2-4-12(9)13/h1-4,8,10H,5-7H2,(H2,15,16,18)/t10-/m1/s1. The van der Waals surface area contributed by atoms with Gasteiger partial charge in [-0.1, -0.05) is 24.3 Å². The fourth-order valence-corrected chi connectivity index (χ4v) is 2.79. The summed E-state index contributed by atoms with van der Waals surface area (Å²) >= 11 is 5.00. The van der Waals surface area contributed by atoms with Crippen LogP contribution < -0.4 is 0 Å². The highest BCUT2D eigenvalue weighted by Crippen LogP contribution is 2.27. The maximum Gasteiger partial charge on any atom is 0.174 e. The lowest BCUT2D eigenvalue weighted by Crippen LogP contribution is -2.24. The number of carbonyl (C=O) groups excluding carboxylic acids is 1. The van der Waals surface area contributed by atoms with Crippen molar-refractivity contribution < 1.29 is 4.79 Å². The third-order valence-electron chi connectivity index (χ3n) is 3.53. The number of nitrogens with one attached hydrogen (secondary N) is 2. The van der Waals surface area contributed by atoms with Crippen LogP contribution in [0, 0.1) is 10.7 Å². The zero-order valence-corrected chi connectivity index (χ0v) is 10.7. The van der Waals surface area contributed by atoms with Crippen LogP contribution in [0.3, 0.4) is 0 Å². The van der Waals surface area contributed by atoms with Gasteiger partial charge in [0.25, 0.3) is 0 Å². The average molecular weight is 258 g/mol. The Hall–Kier alpha value is -1.68. The average Bonchev–Trinajstić information content (AvgIpc) is 2.79. The second-order valence-electron chi connectivity index (χ2n) is 4.73. The fourth-order valence-electron chi connectivity index (χ4n) is 2.60. The fraction of sp³-hybridized carbons (Fsp3) is 0.286. The van der Waals surface area contributed by atoms with Gasteiger partial charge in [-0.2, -0.15) is 0 Å². The minimum atomic E-state index is 0.0707. The SMILES string of the molecule is O=C1c2ccccc2CC[C@@H]1Cc1c[nH]c(=S)[nH]1. The number of hydrogen-bond donors (Lipinski definition) is 2. The molecule has 0 saturated heterocycles. The summed E-state index contributed by atoms with van der Waals surface area (Å²) in [5, 5.41) is 0. The molecular formula is C14H14N2OS. The van der Waals surface area contributed by atoms with Crippen LogP contribution in [0.15, 0.2) is 30.5 Å². The molecule has 1 heterocycles. The highest BCUT2D eigenvalue weighted by molar-refractivity contribution is 7.71. The van der Waals surface area contributed by atoms with E-state index in [1.165, 1.54) is 5.56 Å². The first-order valence-corrected chi connectivity index (χ1v) is 6.53. The summed E-state index contributed by atoms with van der Waals surface area (Å²) in [6.07, 6.45) is 4.50. The zero-order valence-electron chi connectivity index (χ0n) is 9.90. The molecule has 0 radical (unpaired) electrons. The topological polar surface area (TPSA) is 48.6 Å². The van der Waals surface area contributed by atoms with Crippen LogP contribution in [0.1, 0.15) is 28.0 Å². The number of fused-ring (bicyclic) bond motifs is 1. The molecule has 92 valence electrons. The first kappa shape index (κ1) is 11.4. The number of Topliss-reactive ketones (excluding diaryl/α,β-unsaturated/α-hetero) is 1. The van der Waals surface area contributed by atoms with Gasteiger partial charge >= 0.3 is 0 Å². The van der Waals surface area contributed by atoms with Gasteiger partial charge in [0.1, 0.15) is 0 Å². The van der Waals surface area contributed by atoms with Crippen LogP contribution in [0.4, 0.5) is 0 Å². The molecule has 18 heavy (non-hydrogen) atoms. The Kier molecular flexibility index (Phi) is 2.88. The smallest absolute Gasteiger partial charge is 0.174 e. The Morgan fingerprint density at radius 2 is 2.17 bits per heavy atom. The summed E-state index contributed by atoms with van der Waals surface area (Å²) in [6, 6.07) is 7.91. The zero-order chi connectivity index (χ0) is 12.5. The van der Waals surface area contributed by atoms with Gasteiger partial charge in [0.15, 0.2) is 10.6 Å². The summed E-state index contributed by atoms with van der Waals surface area (Å²) in [4.78, 5) is 18.4. The minimum absolute atomic E-state index is 0.0707. The first-order valence-electron chi connectivity index (χ1n) is 6.13. The number of hydrogen-bond acceptors (Lipinski definition) is 2. The Labute approximate surface area is 110 Å². The Morgan fingerprint density at radius 1 is 1.33 bits per heavy atom. The number of benzene rings is 1. The molecule has 0 fully saturated rings. The van der Waals surface area contributed by atoms with Crippen molar-refractivity contribution >= 4 is 18.0 Å². The van der Waals surface area contributed by atoms with Crippen LogP contribution in [-0.4, -0.2) is 15.8 Å².